The van der Waals surface area contributed by atoms with Crippen LogP contribution >= 0.6 is 0 Å². The summed E-state index contributed by atoms with van der Waals surface area (Å²) in [6.07, 6.45) is 1.06. The highest BCUT2D eigenvalue weighted by molar-refractivity contribution is 7.90. The van der Waals surface area contributed by atoms with E-state index < -0.39 is 15.7 Å². The zero-order chi connectivity index (χ0) is 14.8. The van der Waals surface area contributed by atoms with Crippen molar-refractivity contribution >= 4 is 15.5 Å². The van der Waals surface area contributed by atoms with Crippen molar-refractivity contribution < 1.29 is 12.8 Å². The molecule has 0 heterocycles. The summed E-state index contributed by atoms with van der Waals surface area (Å²) in [7, 11) is -1.63. The molecule has 0 bridgehead atoms. The molecule has 6 heteroatoms. The highest BCUT2D eigenvalue weighted by Gasteiger charge is 2.20. The van der Waals surface area contributed by atoms with E-state index in [1.165, 1.54) is 12.1 Å². The van der Waals surface area contributed by atoms with Gasteiger partial charge in [-0.3, -0.25) is 0 Å². The first-order valence-corrected chi connectivity index (χ1v) is 7.87. The quantitative estimate of drug-likeness (QED) is 0.895. The molecule has 0 aliphatic rings. The molecule has 1 aromatic carbocycles. The molecular formula is C13H21FN2O2S. The van der Waals surface area contributed by atoms with E-state index >= 15 is 0 Å². The molecule has 4 nitrogen and oxygen atoms in total. The Morgan fingerprint density at radius 3 is 2.37 bits per heavy atom. The predicted molar refractivity (Wildman–Crippen MR) is 75.6 cm³/mol. The summed E-state index contributed by atoms with van der Waals surface area (Å²) in [5.74, 6) is -0.543. The first-order valence-electron chi connectivity index (χ1n) is 5.98. The highest BCUT2D eigenvalue weighted by atomic mass is 32.2. The minimum absolute atomic E-state index is 0.0137. The molecule has 0 spiro atoms. The molecule has 0 radical (unpaired) electrons. The van der Waals surface area contributed by atoms with E-state index in [4.69, 9.17) is 5.73 Å². The van der Waals surface area contributed by atoms with Crippen LogP contribution in [0.1, 0.15) is 13.8 Å². The lowest BCUT2D eigenvalue weighted by molar-refractivity contribution is 0.383. The monoisotopic (exact) mass is 288 g/mol. The van der Waals surface area contributed by atoms with Crippen molar-refractivity contribution in [2.45, 2.75) is 18.7 Å². The molecule has 0 amide bonds. The summed E-state index contributed by atoms with van der Waals surface area (Å²) in [6, 6.07) is 3.95. The summed E-state index contributed by atoms with van der Waals surface area (Å²) in [6.45, 7) is 5.05. The summed E-state index contributed by atoms with van der Waals surface area (Å²) >= 11 is 0. The van der Waals surface area contributed by atoms with Crippen molar-refractivity contribution in [3.8, 4) is 0 Å². The number of hydrogen-bond acceptors (Lipinski definition) is 4. The lowest BCUT2D eigenvalue weighted by Gasteiger charge is -2.30. The molecule has 19 heavy (non-hydrogen) atoms. The van der Waals surface area contributed by atoms with Crippen molar-refractivity contribution in [2.24, 2.45) is 11.1 Å². The maximum atomic E-state index is 14.0. The first kappa shape index (κ1) is 15.9. The number of anilines is 1. The van der Waals surface area contributed by atoms with E-state index in [0.29, 0.717) is 18.8 Å². The van der Waals surface area contributed by atoms with Gasteiger partial charge in [0.15, 0.2) is 9.84 Å². The van der Waals surface area contributed by atoms with Crippen LogP contribution in [0.2, 0.25) is 0 Å². The number of halogens is 1. The average molecular weight is 288 g/mol. The van der Waals surface area contributed by atoms with Gasteiger partial charge in [-0.15, -0.1) is 0 Å². The predicted octanol–water partition coefficient (Wildman–Crippen LogP) is 1.65. The van der Waals surface area contributed by atoms with Crippen LogP contribution in [0.15, 0.2) is 23.1 Å². The Morgan fingerprint density at radius 2 is 1.95 bits per heavy atom. The third-order valence-corrected chi connectivity index (χ3v) is 4.09. The van der Waals surface area contributed by atoms with Crippen LogP contribution in [-0.4, -0.2) is 34.8 Å². The molecule has 1 rings (SSSR count). The second-order valence-corrected chi connectivity index (χ2v) is 7.63. The number of nitrogens with two attached hydrogens (primary N) is 1. The summed E-state index contributed by atoms with van der Waals surface area (Å²) in [5.41, 5.74) is 5.88. The Balaban J connectivity index is 3.04. The molecule has 108 valence electrons. The topological polar surface area (TPSA) is 63.4 Å². The molecule has 0 atom stereocenters. The van der Waals surface area contributed by atoms with E-state index in [-0.39, 0.29) is 10.3 Å². The van der Waals surface area contributed by atoms with E-state index in [1.54, 1.807) is 11.9 Å². The molecule has 0 fully saturated rings. The van der Waals surface area contributed by atoms with Gasteiger partial charge in [0.2, 0.25) is 0 Å². The zero-order valence-electron chi connectivity index (χ0n) is 11.8. The molecule has 0 aromatic heterocycles. The Morgan fingerprint density at radius 1 is 1.37 bits per heavy atom. The second-order valence-electron chi connectivity index (χ2n) is 5.61. The van der Waals surface area contributed by atoms with Gasteiger partial charge >= 0.3 is 0 Å². The van der Waals surface area contributed by atoms with Crippen LogP contribution in [-0.2, 0) is 9.84 Å². The van der Waals surface area contributed by atoms with Gasteiger partial charge in [-0.1, -0.05) is 13.8 Å². The van der Waals surface area contributed by atoms with Crippen LogP contribution in [0, 0.1) is 11.2 Å². The third-order valence-electron chi connectivity index (χ3n) is 2.98. The van der Waals surface area contributed by atoms with E-state index in [0.717, 1.165) is 12.3 Å². The van der Waals surface area contributed by atoms with Crippen LogP contribution < -0.4 is 10.6 Å². The molecule has 0 saturated carbocycles. The lowest BCUT2D eigenvalue weighted by Crippen LogP contribution is -2.37. The van der Waals surface area contributed by atoms with Crippen LogP contribution in [0.4, 0.5) is 10.1 Å². The van der Waals surface area contributed by atoms with Crippen molar-refractivity contribution in [2.75, 3.05) is 31.3 Å². The molecule has 0 aliphatic heterocycles. The first-order chi connectivity index (χ1) is 8.57. The number of hydrogen-bond donors (Lipinski definition) is 1. The summed E-state index contributed by atoms with van der Waals surface area (Å²) in [4.78, 5) is 1.73. The van der Waals surface area contributed by atoms with Gasteiger partial charge in [-0.2, -0.15) is 0 Å². The van der Waals surface area contributed by atoms with Crippen molar-refractivity contribution in [1.82, 2.24) is 0 Å². The Labute approximate surface area is 114 Å². The fourth-order valence-corrected chi connectivity index (χ4v) is 2.45. The normalized spacial score (nSPS) is 12.5. The molecule has 2 N–H and O–H groups in total. The van der Waals surface area contributed by atoms with Gasteiger partial charge in [0.1, 0.15) is 5.82 Å². The van der Waals surface area contributed by atoms with Crippen molar-refractivity contribution in [3.05, 3.63) is 24.0 Å². The van der Waals surface area contributed by atoms with Crippen LogP contribution in [0.3, 0.4) is 0 Å². The molecule has 0 aliphatic carbocycles. The SMILES string of the molecule is CN(CC(C)(C)CN)c1ccc(S(C)(=O)=O)cc1F. The van der Waals surface area contributed by atoms with Gasteiger partial charge in [0.05, 0.1) is 10.6 Å². The third kappa shape index (κ3) is 4.18. The Bertz CT molecular complexity index is 556. The van der Waals surface area contributed by atoms with E-state index in [1.807, 2.05) is 13.8 Å². The van der Waals surface area contributed by atoms with Gasteiger partial charge in [0, 0.05) is 19.8 Å². The summed E-state index contributed by atoms with van der Waals surface area (Å²) < 4.78 is 36.7. The van der Waals surface area contributed by atoms with Crippen molar-refractivity contribution in [3.63, 3.8) is 0 Å². The second kappa shape index (κ2) is 5.46. The van der Waals surface area contributed by atoms with E-state index in [2.05, 4.69) is 0 Å². The standard InChI is InChI=1S/C13H21FN2O2S/c1-13(2,8-15)9-16(3)12-6-5-10(7-11(12)14)19(4,17)18/h5-7H,8-9,15H2,1-4H3. The molecule has 0 unspecified atom stereocenters. The fourth-order valence-electron chi connectivity index (χ4n) is 1.82. The lowest BCUT2D eigenvalue weighted by atomic mass is 9.93. The fraction of sp³-hybridized carbons (Fsp3) is 0.538. The van der Waals surface area contributed by atoms with Crippen LogP contribution in [0.25, 0.3) is 0 Å². The number of sulfone groups is 1. The maximum absolute atomic E-state index is 14.0. The van der Waals surface area contributed by atoms with E-state index in [9.17, 15) is 12.8 Å². The van der Waals surface area contributed by atoms with Crippen LogP contribution in [0.5, 0.6) is 0 Å². The number of nitrogens with zero attached hydrogens (tertiary/aromatic N) is 1. The Hall–Kier alpha value is -1.14. The number of rotatable bonds is 5. The zero-order valence-corrected chi connectivity index (χ0v) is 12.6. The molecule has 0 saturated heterocycles. The van der Waals surface area contributed by atoms with Gasteiger partial charge < -0.3 is 10.6 Å². The minimum Gasteiger partial charge on any atom is -0.372 e. The maximum Gasteiger partial charge on any atom is 0.175 e. The van der Waals surface area contributed by atoms with Crippen molar-refractivity contribution in [1.29, 1.82) is 0 Å². The molecular weight excluding hydrogens is 267 g/mol. The van der Waals surface area contributed by atoms with Gasteiger partial charge in [-0.05, 0) is 30.2 Å². The average Bonchev–Trinajstić information content (AvgIpc) is 2.26. The Kier molecular flexibility index (Phi) is 4.58. The molecule has 1 aromatic rings. The van der Waals surface area contributed by atoms with Gasteiger partial charge in [-0.25, -0.2) is 12.8 Å². The summed E-state index contributed by atoms with van der Waals surface area (Å²) in [5, 5.41) is 0. The number of benzene rings is 1. The minimum atomic E-state index is -3.39. The smallest absolute Gasteiger partial charge is 0.175 e. The van der Waals surface area contributed by atoms with Gasteiger partial charge in [0.25, 0.3) is 0 Å². The highest BCUT2D eigenvalue weighted by Crippen LogP contribution is 2.25. The largest absolute Gasteiger partial charge is 0.372 e.